The summed E-state index contributed by atoms with van der Waals surface area (Å²) in [5, 5.41) is 23.0. The maximum absolute atomic E-state index is 5.08. The topological polar surface area (TPSA) is 72.8 Å². The lowest BCUT2D eigenvalue weighted by atomic mass is 10.2. The molecule has 0 radical (unpaired) electrons. The molecule has 6 rings (SSSR count). The molecule has 4 N–H and O–H groups in total. The summed E-state index contributed by atoms with van der Waals surface area (Å²) in [6.45, 7) is 0. The van der Waals surface area contributed by atoms with E-state index in [4.69, 9.17) is 24.4 Å². The van der Waals surface area contributed by atoms with E-state index in [-0.39, 0.29) is 0 Å². The van der Waals surface area contributed by atoms with E-state index in [0.29, 0.717) is 10.2 Å². The van der Waals surface area contributed by atoms with Crippen LogP contribution >= 0.6 is 40.3 Å². The normalized spacial score (nSPS) is 10.8. The van der Waals surface area contributed by atoms with Crippen LogP contribution in [0.15, 0.2) is 180 Å². The third-order valence-corrected chi connectivity index (χ3v) is 13.2. The van der Waals surface area contributed by atoms with Crippen LogP contribution in [-0.4, -0.2) is 36.7 Å². The minimum absolute atomic E-state index is 0.493. The van der Waals surface area contributed by atoms with Gasteiger partial charge in [0, 0.05) is 25.2 Å². The highest BCUT2D eigenvalue weighted by atomic mass is 32.1. The number of thiocarbonyl (C=S) groups is 2. The number of benzene rings is 6. The fraction of sp³-hybridized carbons (Fsp3) is 0.0476. The zero-order chi connectivity index (χ0) is 36.4. The monoisotopic (exact) mass is 754 g/mol. The number of hydrazone groups is 2. The Bertz CT molecular complexity index is 1840. The maximum atomic E-state index is 5.08. The first-order valence-electron chi connectivity index (χ1n) is 16.6. The van der Waals surface area contributed by atoms with Crippen molar-refractivity contribution in [3.63, 3.8) is 0 Å². The molecule has 6 nitrogen and oxygen atoms in total. The molecule has 52 heavy (non-hydrogen) atoms. The van der Waals surface area contributed by atoms with Crippen LogP contribution in [0.4, 0.5) is 0 Å². The Labute approximate surface area is 320 Å². The number of hydrogen-bond donors (Lipinski definition) is 4. The van der Waals surface area contributed by atoms with Crippen molar-refractivity contribution in [2.75, 3.05) is 14.1 Å². The van der Waals surface area contributed by atoms with Crippen molar-refractivity contribution < 1.29 is 0 Å². The van der Waals surface area contributed by atoms with Gasteiger partial charge in [0.1, 0.15) is 0 Å². The van der Waals surface area contributed by atoms with Gasteiger partial charge in [0.05, 0.1) is 12.4 Å². The van der Waals surface area contributed by atoms with Crippen LogP contribution in [0.25, 0.3) is 0 Å². The largest absolute Gasteiger partial charge is 0.364 e. The highest BCUT2D eigenvalue weighted by Crippen LogP contribution is 2.34. The smallest absolute Gasteiger partial charge is 0.186 e. The van der Waals surface area contributed by atoms with E-state index in [0.717, 1.165) is 11.1 Å². The Morgan fingerprint density at radius 1 is 0.423 bits per heavy atom. The fourth-order valence-corrected chi connectivity index (χ4v) is 10.1. The van der Waals surface area contributed by atoms with E-state index in [1.165, 1.54) is 31.8 Å². The van der Waals surface area contributed by atoms with Crippen LogP contribution in [0, 0.1) is 0 Å². The predicted molar refractivity (Wildman–Crippen MR) is 235 cm³/mol. The zero-order valence-electron chi connectivity index (χ0n) is 28.9. The van der Waals surface area contributed by atoms with Crippen molar-refractivity contribution in [2.45, 2.75) is 0 Å². The van der Waals surface area contributed by atoms with E-state index in [1.54, 1.807) is 14.1 Å². The van der Waals surface area contributed by atoms with Crippen LogP contribution in [0.1, 0.15) is 11.1 Å². The molecular formula is C42H40N6P2S2. The Morgan fingerprint density at radius 2 is 0.692 bits per heavy atom. The van der Waals surface area contributed by atoms with Gasteiger partial charge in [-0.2, -0.15) is 10.2 Å². The maximum Gasteiger partial charge on any atom is 0.186 e. The number of nitrogens with zero attached hydrogens (tertiary/aromatic N) is 2. The highest BCUT2D eigenvalue weighted by molar-refractivity contribution is 7.81. The number of rotatable bonds is 10. The van der Waals surface area contributed by atoms with Crippen LogP contribution in [0.2, 0.25) is 0 Å². The first kappa shape index (κ1) is 38.1. The second-order valence-corrected chi connectivity index (χ2v) is 16.2. The van der Waals surface area contributed by atoms with Crippen LogP contribution in [0.5, 0.6) is 0 Å². The molecule has 0 aliphatic rings. The molecule has 0 bridgehead atoms. The van der Waals surface area contributed by atoms with Crippen molar-refractivity contribution in [1.29, 1.82) is 0 Å². The third-order valence-electron chi connectivity index (χ3n) is 7.61. The van der Waals surface area contributed by atoms with E-state index >= 15 is 0 Å². The van der Waals surface area contributed by atoms with Gasteiger partial charge in [0.25, 0.3) is 0 Å². The van der Waals surface area contributed by atoms with Gasteiger partial charge >= 0.3 is 0 Å². The van der Waals surface area contributed by atoms with E-state index in [2.05, 4.69) is 189 Å². The molecule has 0 aromatic heterocycles. The van der Waals surface area contributed by atoms with Gasteiger partial charge in [-0.05, 0) is 72.1 Å². The van der Waals surface area contributed by atoms with E-state index in [1.807, 2.05) is 24.6 Å². The van der Waals surface area contributed by atoms with Crippen molar-refractivity contribution in [3.05, 3.63) is 181 Å². The molecule has 6 aromatic rings. The molecule has 0 amide bonds. The average Bonchev–Trinajstić information content (AvgIpc) is 3.21. The number of hydrogen-bond acceptors (Lipinski definition) is 4. The molecule has 260 valence electrons. The van der Waals surface area contributed by atoms with Crippen LogP contribution < -0.4 is 53.3 Å². The van der Waals surface area contributed by atoms with Crippen LogP contribution in [0.3, 0.4) is 0 Å². The summed E-state index contributed by atoms with van der Waals surface area (Å²) >= 11 is 10.2. The molecule has 0 saturated heterocycles. The molecule has 0 aliphatic carbocycles. The highest BCUT2D eigenvalue weighted by Gasteiger charge is 2.19. The van der Waals surface area contributed by atoms with Gasteiger partial charge in [0.15, 0.2) is 10.2 Å². The summed E-state index contributed by atoms with van der Waals surface area (Å²) in [5.74, 6) is 0. The van der Waals surface area contributed by atoms with Gasteiger partial charge in [0.2, 0.25) is 0 Å². The van der Waals surface area contributed by atoms with Gasteiger partial charge in [-0.15, -0.1) is 0 Å². The Balaban J connectivity index is 0.000000201. The minimum Gasteiger partial charge on any atom is -0.364 e. The second-order valence-electron chi connectivity index (χ2n) is 11.0. The molecule has 0 atom stereocenters. The summed E-state index contributed by atoms with van der Waals surface area (Å²) in [4.78, 5) is 0. The predicted octanol–water partition coefficient (Wildman–Crippen LogP) is 5.75. The Kier molecular flexibility index (Phi) is 15.2. The van der Waals surface area contributed by atoms with Gasteiger partial charge in [-0.1, -0.05) is 170 Å². The van der Waals surface area contributed by atoms with Gasteiger partial charge in [-0.25, -0.2) is 0 Å². The summed E-state index contributed by atoms with van der Waals surface area (Å²) in [6.07, 6.45) is 3.67. The lowest BCUT2D eigenvalue weighted by Gasteiger charge is -2.21. The average molecular weight is 755 g/mol. The second kappa shape index (κ2) is 20.7. The molecule has 0 spiro atoms. The molecule has 0 aliphatic heterocycles. The van der Waals surface area contributed by atoms with Gasteiger partial charge < -0.3 is 10.6 Å². The molecule has 10 heteroatoms. The van der Waals surface area contributed by atoms with Crippen molar-refractivity contribution in [3.8, 4) is 0 Å². The first-order chi connectivity index (χ1) is 25.6. The summed E-state index contributed by atoms with van der Waals surface area (Å²) in [5.41, 5.74) is 7.81. The molecular weight excluding hydrogens is 715 g/mol. The Morgan fingerprint density at radius 3 is 0.981 bits per heavy atom. The van der Waals surface area contributed by atoms with Crippen molar-refractivity contribution >= 4 is 94.8 Å². The fourth-order valence-electron chi connectivity index (χ4n) is 5.20. The summed E-state index contributed by atoms with van der Waals surface area (Å²) in [7, 11) is 2.19. The summed E-state index contributed by atoms with van der Waals surface area (Å²) < 4.78 is 0. The molecule has 6 aromatic carbocycles. The van der Waals surface area contributed by atoms with Crippen molar-refractivity contribution in [1.82, 2.24) is 21.5 Å². The third kappa shape index (κ3) is 10.9. The SMILES string of the molecule is CNC(=S)N/N=C/c1ccccc1P(c1ccccc1)c1ccccc1.CNC(=S)N/N=C/c1ccccc1P(c1ccccc1)c1ccccc1. The molecule has 0 unspecified atom stereocenters. The van der Waals surface area contributed by atoms with E-state index < -0.39 is 15.8 Å². The Hall–Kier alpha value is -5.10. The molecule has 0 heterocycles. The van der Waals surface area contributed by atoms with E-state index in [9.17, 15) is 0 Å². The van der Waals surface area contributed by atoms with Crippen LogP contribution in [-0.2, 0) is 0 Å². The molecule has 0 saturated carbocycles. The lowest BCUT2D eigenvalue weighted by Crippen LogP contribution is -2.29. The van der Waals surface area contributed by atoms with Crippen molar-refractivity contribution in [2.24, 2.45) is 10.2 Å². The first-order valence-corrected chi connectivity index (χ1v) is 20.1. The zero-order valence-corrected chi connectivity index (χ0v) is 32.3. The lowest BCUT2D eigenvalue weighted by molar-refractivity contribution is 0.982. The van der Waals surface area contributed by atoms with Gasteiger partial charge in [-0.3, -0.25) is 10.9 Å². The standard InChI is InChI=1S/2C21H20N3PS/c2*1-22-21(26)24-23-16-17-10-8-9-15-20(17)25(18-11-4-2-5-12-18)19-13-6-3-7-14-19/h2*2-16H,1H3,(H2,22,24,26)/b2*23-16+. The quantitative estimate of drug-likeness (QED) is 0.0619. The molecule has 0 fully saturated rings. The number of nitrogens with one attached hydrogen (secondary N) is 4. The minimum atomic E-state index is -0.670. The summed E-state index contributed by atoms with van der Waals surface area (Å²) in [6, 6.07) is 59.3.